The monoisotopic (exact) mass is 292 g/mol. The average Bonchev–Trinajstić information content (AvgIpc) is 2.38. The predicted molar refractivity (Wildman–Crippen MR) is 84.0 cm³/mol. The summed E-state index contributed by atoms with van der Waals surface area (Å²) in [5.74, 6) is -0.0591. The molecule has 0 spiro atoms. The van der Waals surface area contributed by atoms with Crippen molar-refractivity contribution < 1.29 is 9.59 Å². The minimum absolute atomic E-state index is 0.0591. The van der Waals surface area contributed by atoms with Gasteiger partial charge in [0.25, 0.3) is 0 Å². The molecule has 0 radical (unpaired) electrons. The van der Waals surface area contributed by atoms with Crippen LogP contribution in [0.3, 0.4) is 0 Å². The van der Waals surface area contributed by atoms with Crippen molar-refractivity contribution in [3.8, 4) is 0 Å². The van der Waals surface area contributed by atoms with Gasteiger partial charge in [0.1, 0.15) is 0 Å². The molecule has 1 aromatic rings. The van der Waals surface area contributed by atoms with Gasteiger partial charge in [-0.05, 0) is 45.0 Å². The molecule has 0 saturated heterocycles. The summed E-state index contributed by atoms with van der Waals surface area (Å²) in [6, 6.07) is 6.46. The van der Waals surface area contributed by atoms with E-state index in [9.17, 15) is 9.59 Å². The Balaban J connectivity index is 2.69. The van der Waals surface area contributed by atoms with E-state index in [1.54, 1.807) is 12.1 Å². The molecule has 0 aliphatic carbocycles. The van der Waals surface area contributed by atoms with Crippen molar-refractivity contribution in [1.82, 2.24) is 10.6 Å². The molecular weight excluding hydrogens is 268 g/mol. The first-order valence-corrected chi connectivity index (χ1v) is 6.98. The Bertz CT molecular complexity index is 497. The van der Waals surface area contributed by atoms with Crippen molar-refractivity contribution in [2.24, 2.45) is 5.73 Å². The van der Waals surface area contributed by atoms with Crippen molar-refractivity contribution in [3.05, 3.63) is 29.8 Å². The Hall–Kier alpha value is -2.08. The topological polar surface area (TPSA) is 96.2 Å². The number of carbonyl (C=O) groups is 2. The van der Waals surface area contributed by atoms with E-state index in [4.69, 9.17) is 5.73 Å². The molecule has 1 rings (SSSR count). The number of anilines is 1. The van der Waals surface area contributed by atoms with Gasteiger partial charge in [-0.25, -0.2) is 4.79 Å². The third kappa shape index (κ3) is 5.07. The average molecular weight is 292 g/mol. The summed E-state index contributed by atoms with van der Waals surface area (Å²) in [5.41, 5.74) is 6.01. The quantitative estimate of drug-likeness (QED) is 0.643. The summed E-state index contributed by atoms with van der Waals surface area (Å²) in [5, 5.41) is 8.60. The number of urea groups is 1. The fraction of sp³-hybridized carbons (Fsp3) is 0.467. The van der Waals surface area contributed by atoms with E-state index in [-0.39, 0.29) is 11.9 Å². The lowest BCUT2D eigenvalue weighted by molar-refractivity contribution is -0.127. The van der Waals surface area contributed by atoms with Crippen LogP contribution in [-0.2, 0) is 4.79 Å². The number of hydrogen-bond donors (Lipinski definition) is 4. The first-order chi connectivity index (χ1) is 9.76. The number of rotatable bonds is 6. The number of likely N-dealkylation sites (N-methyl/N-ethyl adjacent to an activating group) is 1. The highest BCUT2D eigenvalue weighted by molar-refractivity contribution is 5.88. The largest absolute Gasteiger partial charge is 0.351 e. The first kappa shape index (κ1) is 17.0. The van der Waals surface area contributed by atoms with Gasteiger partial charge in [-0.15, -0.1) is 0 Å². The lowest BCUT2D eigenvalue weighted by Crippen LogP contribution is -2.52. The molecule has 116 valence electrons. The van der Waals surface area contributed by atoms with Gasteiger partial charge in [0.2, 0.25) is 5.91 Å². The van der Waals surface area contributed by atoms with Crippen LogP contribution in [0.1, 0.15) is 39.3 Å². The van der Waals surface area contributed by atoms with E-state index in [0.717, 1.165) is 12.1 Å². The molecule has 0 heterocycles. The second kappa shape index (κ2) is 7.08. The highest BCUT2D eigenvalue weighted by Crippen LogP contribution is 2.17. The standard InChI is InChI=1S/C15H24N4O2/c1-5-17-15(3,4)13(20)18-10(2)11-6-8-12(9-7-11)19-14(16)21/h6-10,17H,5H2,1-4H3,(H,18,20)(H3,16,19,21). The van der Waals surface area contributed by atoms with Gasteiger partial charge in [0.15, 0.2) is 0 Å². The molecule has 0 saturated carbocycles. The Morgan fingerprint density at radius 3 is 2.29 bits per heavy atom. The summed E-state index contributed by atoms with van der Waals surface area (Å²) in [4.78, 5) is 23.0. The minimum atomic E-state index is -0.615. The van der Waals surface area contributed by atoms with Gasteiger partial charge in [-0.1, -0.05) is 19.1 Å². The maximum Gasteiger partial charge on any atom is 0.316 e. The van der Waals surface area contributed by atoms with E-state index < -0.39 is 11.6 Å². The van der Waals surface area contributed by atoms with Crippen LogP contribution >= 0.6 is 0 Å². The van der Waals surface area contributed by atoms with Gasteiger partial charge in [0, 0.05) is 5.69 Å². The van der Waals surface area contributed by atoms with Crippen molar-refractivity contribution in [2.75, 3.05) is 11.9 Å². The van der Waals surface area contributed by atoms with Gasteiger partial charge in [-0.3, -0.25) is 4.79 Å². The summed E-state index contributed by atoms with van der Waals surface area (Å²) >= 11 is 0. The third-order valence-corrected chi connectivity index (χ3v) is 3.21. The van der Waals surface area contributed by atoms with Gasteiger partial charge >= 0.3 is 6.03 Å². The van der Waals surface area contributed by atoms with Crippen molar-refractivity contribution in [2.45, 2.75) is 39.3 Å². The normalized spacial score (nSPS) is 12.6. The van der Waals surface area contributed by atoms with Crippen LogP contribution in [0.5, 0.6) is 0 Å². The molecule has 0 aliphatic rings. The zero-order valence-corrected chi connectivity index (χ0v) is 13.0. The third-order valence-electron chi connectivity index (χ3n) is 3.21. The zero-order chi connectivity index (χ0) is 16.0. The Kier molecular flexibility index (Phi) is 5.72. The second-order valence-corrected chi connectivity index (χ2v) is 5.46. The molecule has 0 fully saturated rings. The van der Waals surface area contributed by atoms with E-state index in [2.05, 4.69) is 16.0 Å². The number of benzene rings is 1. The van der Waals surface area contributed by atoms with E-state index in [1.807, 2.05) is 39.8 Å². The molecule has 0 aromatic heterocycles. The summed E-state index contributed by atoms with van der Waals surface area (Å²) < 4.78 is 0. The molecule has 1 unspecified atom stereocenters. The number of nitrogens with two attached hydrogens (primary N) is 1. The molecule has 21 heavy (non-hydrogen) atoms. The Labute approximate surface area is 125 Å². The van der Waals surface area contributed by atoms with Crippen LogP contribution in [-0.4, -0.2) is 24.0 Å². The lowest BCUT2D eigenvalue weighted by atomic mass is 10.0. The van der Waals surface area contributed by atoms with Gasteiger partial charge in [-0.2, -0.15) is 0 Å². The molecule has 5 N–H and O–H groups in total. The second-order valence-electron chi connectivity index (χ2n) is 5.46. The fourth-order valence-corrected chi connectivity index (χ4v) is 1.98. The van der Waals surface area contributed by atoms with Crippen LogP contribution in [0.25, 0.3) is 0 Å². The molecule has 1 aromatic carbocycles. The van der Waals surface area contributed by atoms with E-state index in [1.165, 1.54) is 0 Å². The smallest absolute Gasteiger partial charge is 0.316 e. The van der Waals surface area contributed by atoms with Crippen LogP contribution in [0, 0.1) is 0 Å². The zero-order valence-electron chi connectivity index (χ0n) is 13.0. The highest BCUT2D eigenvalue weighted by atomic mass is 16.2. The number of carbonyl (C=O) groups excluding carboxylic acids is 2. The number of primary amides is 1. The number of hydrogen-bond acceptors (Lipinski definition) is 3. The predicted octanol–water partition coefficient (Wildman–Crippen LogP) is 1.74. The van der Waals surface area contributed by atoms with Crippen LogP contribution < -0.4 is 21.7 Å². The maximum atomic E-state index is 12.2. The van der Waals surface area contributed by atoms with E-state index in [0.29, 0.717) is 5.69 Å². The van der Waals surface area contributed by atoms with Crippen molar-refractivity contribution in [1.29, 1.82) is 0 Å². The molecule has 3 amide bonds. The summed E-state index contributed by atoms with van der Waals surface area (Å²) in [6.45, 7) is 8.29. The fourth-order valence-electron chi connectivity index (χ4n) is 1.98. The van der Waals surface area contributed by atoms with Gasteiger partial charge < -0.3 is 21.7 Å². The lowest BCUT2D eigenvalue weighted by Gasteiger charge is -2.27. The summed E-state index contributed by atoms with van der Waals surface area (Å²) in [7, 11) is 0. The molecule has 6 heteroatoms. The summed E-state index contributed by atoms with van der Waals surface area (Å²) in [6.07, 6.45) is 0. The Morgan fingerprint density at radius 2 is 1.81 bits per heavy atom. The first-order valence-electron chi connectivity index (χ1n) is 6.98. The molecular formula is C15H24N4O2. The molecule has 1 atom stereocenters. The number of nitrogens with one attached hydrogen (secondary N) is 3. The Morgan fingerprint density at radius 1 is 1.24 bits per heavy atom. The van der Waals surface area contributed by atoms with Gasteiger partial charge in [0.05, 0.1) is 11.6 Å². The minimum Gasteiger partial charge on any atom is -0.351 e. The highest BCUT2D eigenvalue weighted by Gasteiger charge is 2.27. The SMILES string of the molecule is CCNC(C)(C)C(=O)NC(C)c1ccc(NC(N)=O)cc1. The maximum absolute atomic E-state index is 12.2. The van der Waals surface area contributed by atoms with Crippen LogP contribution in [0.4, 0.5) is 10.5 Å². The number of amides is 3. The van der Waals surface area contributed by atoms with Crippen molar-refractivity contribution in [3.63, 3.8) is 0 Å². The van der Waals surface area contributed by atoms with Crippen LogP contribution in [0.2, 0.25) is 0 Å². The van der Waals surface area contributed by atoms with Crippen molar-refractivity contribution >= 4 is 17.6 Å². The molecule has 0 bridgehead atoms. The molecule has 6 nitrogen and oxygen atoms in total. The molecule has 0 aliphatic heterocycles. The van der Waals surface area contributed by atoms with E-state index >= 15 is 0 Å². The van der Waals surface area contributed by atoms with Crippen LogP contribution in [0.15, 0.2) is 24.3 Å².